The van der Waals surface area contributed by atoms with Crippen LogP contribution in [0.2, 0.25) is 0 Å². The molecule has 0 saturated heterocycles. The molecular weight excluding hydrogens is 207 g/mol. The van der Waals surface area contributed by atoms with E-state index in [2.05, 4.69) is 5.32 Å². The normalized spacial score (nSPS) is 12.6. The van der Waals surface area contributed by atoms with Crippen molar-refractivity contribution in [1.82, 2.24) is 0 Å². The summed E-state index contributed by atoms with van der Waals surface area (Å²) in [6.45, 7) is 5.77. The maximum atomic E-state index is 13.1. The second-order valence-corrected chi connectivity index (χ2v) is 4.26. The number of nitrogens with two attached hydrogens (primary N) is 1. The van der Waals surface area contributed by atoms with E-state index < -0.39 is 5.82 Å². The van der Waals surface area contributed by atoms with Crippen LogP contribution in [0.4, 0.5) is 15.8 Å². The largest absolute Gasteiger partial charge is 0.396 e. The number of nitrogen functional groups attached to an aromatic ring is 1. The number of carbonyl (C=O) groups is 1. The second kappa shape index (κ2) is 4.96. The van der Waals surface area contributed by atoms with Crippen molar-refractivity contribution in [1.29, 1.82) is 0 Å². The summed E-state index contributed by atoms with van der Waals surface area (Å²) in [5.74, 6) is -0.492. The number of nitrogens with one attached hydrogen (secondary N) is 1. The average Bonchev–Trinajstić information content (AvgIpc) is 2.22. The molecule has 1 amide bonds. The van der Waals surface area contributed by atoms with Crippen LogP contribution in [0.3, 0.4) is 0 Å². The molecule has 3 N–H and O–H groups in total. The molecule has 0 radical (unpaired) electrons. The molecule has 0 bridgehead atoms. The first-order chi connectivity index (χ1) is 7.41. The number of amides is 1. The van der Waals surface area contributed by atoms with E-state index in [9.17, 15) is 9.18 Å². The van der Waals surface area contributed by atoms with Gasteiger partial charge in [-0.3, -0.25) is 4.79 Å². The second-order valence-electron chi connectivity index (χ2n) is 4.26. The maximum Gasteiger partial charge on any atom is 0.227 e. The zero-order chi connectivity index (χ0) is 12.3. The van der Waals surface area contributed by atoms with Crippen molar-refractivity contribution in [2.24, 2.45) is 11.8 Å². The molecule has 0 saturated carbocycles. The van der Waals surface area contributed by atoms with E-state index >= 15 is 0 Å². The van der Waals surface area contributed by atoms with Gasteiger partial charge in [-0.1, -0.05) is 20.8 Å². The summed E-state index contributed by atoms with van der Waals surface area (Å²) in [5.41, 5.74) is 5.85. The first-order valence-corrected chi connectivity index (χ1v) is 5.27. The molecule has 4 heteroatoms. The SMILES string of the molecule is CC(C)C(C)C(=O)Nc1ccc(N)c(F)c1. The van der Waals surface area contributed by atoms with Gasteiger partial charge in [0, 0.05) is 11.6 Å². The van der Waals surface area contributed by atoms with Crippen molar-refractivity contribution >= 4 is 17.3 Å². The van der Waals surface area contributed by atoms with Gasteiger partial charge in [-0.15, -0.1) is 0 Å². The topological polar surface area (TPSA) is 55.1 Å². The minimum absolute atomic E-state index is 0.0786. The lowest BCUT2D eigenvalue weighted by molar-refractivity contribution is -0.120. The maximum absolute atomic E-state index is 13.1. The summed E-state index contributed by atoms with van der Waals surface area (Å²) in [6, 6.07) is 4.24. The molecule has 16 heavy (non-hydrogen) atoms. The highest BCUT2D eigenvalue weighted by Gasteiger charge is 2.16. The third-order valence-corrected chi connectivity index (χ3v) is 2.68. The van der Waals surface area contributed by atoms with Gasteiger partial charge in [-0.2, -0.15) is 0 Å². The monoisotopic (exact) mass is 224 g/mol. The fourth-order valence-corrected chi connectivity index (χ4v) is 1.16. The molecule has 0 heterocycles. The highest BCUT2D eigenvalue weighted by molar-refractivity contribution is 5.92. The zero-order valence-electron chi connectivity index (χ0n) is 9.75. The lowest BCUT2D eigenvalue weighted by atomic mass is 9.97. The molecule has 0 aliphatic rings. The predicted octanol–water partition coefficient (Wildman–Crippen LogP) is 2.64. The van der Waals surface area contributed by atoms with E-state index in [-0.39, 0.29) is 23.4 Å². The summed E-state index contributed by atoms with van der Waals surface area (Å²) in [7, 11) is 0. The fraction of sp³-hybridized carbons (Fsp3) is 0.417. The van der Waals surface area contributed by atoms with Gasteiger partial charge in [0.2, 0.25) is 5.91 Å². The van der Waals surface area contributed by atoms with Crippen molar-refractivity contribution in [2.45, 2.75) is 20.8 Å². The molecule has 88 valence electrons. The first kappa shape index (κ1) is 12.5. The van der Waals surface area contributed by atoms with Gasteiger partial charge in [-0.05, 0) is 24.1 Å². The van der Waals surface area contributed by atoms with E-state index in [1.807, 2.05) is 20.8 Å². The molecule has 0 spiro atoms. The summed E-state index contributed by atoms with van der Waals surface area (Å²) >= 11 is 0. The lowest BCUT2D eigenvalue weighted by Crippen LogP contribution is -2.24. The Morgan fingerprint density at radius 3 is 2.50 bits per heavy atom. The van der Waals surface area contributed by atoms with E-state index in [1.54, 1.807) is 6.07 Å². The van der Waals surface area contributed by atoms with Gasteiger partial charge in [0.1, 0.15) is 5.82 Å². The molecule has 0 aromatic heterocycles. The number of hydrogen-bond donors (Lipinski definition) is 2. The predicted molar refractivity (Wildman–Crippen MR) is 63.4 cm³/mol. The molecule has 1 rings (SSSR count). The molecule has 1 unspecified atom stereocenters. The number of benzene rings is 1. The van der Waals surface area contributed by atoms with Crippen LogP contribution in [0.1, 0.15) is 20.8 Å². The van der Waals surface area contributed by atoms with Gasteiger partial charge in [-0.25, -0.2) is 4.39 Å². The molecule has 3 nitrogen and oxygen atoms in total. The van der Waals surface area contributed by atoms with E-state index in [0.717, 1.165) is 0 Å². The van der Waals surface area contributed by atoms with Crippen molar-refractivity contribution in [3.05, 3.63) is 24.0 Å². The molecule has 1 aromatic rings. The highest BCUT2D eigenvalue weighted by atomic mass is 19.1. The molecule has 1 atom stereocenters. The van der Waals surface area contributed by atoms with Gasteiger partial charge in [0.05, 0.1) is 5.69 Å². The Labute approximate surface area is 94.8 Å². The molecule has 1 aromatic carbocycles. The van der Waals surface area contributed by atoms with Crippen LogP contribution < -0.4 is 11.1 Å². The Bertz CT molecular complexity index is 391. The van der Waals surface area contributed by atoms with Crippen LogP contribution in [-0.2, 0) is 4.79 Å². The number of carbonyl (C=O) groups excluding carboxylic acids is 1. The van der Waals surface area contributed by atoms with E-state index in [0.29, 0.717) is 5.69 Å². The Hall–Kier alpha value is -1.58. The summed E-state index contributed by atoms with van der Waals surface area (Å²) in [5, 5.41) is 2.66. The Morgan fingerprint density at radius 1 is 1.38 bits per heavy atom. The first-order valence-electron chi connectivity index (χ1n) is 5.27. The van der Waals surface area contributed by atoms with Crippen LogP contribution in [0.25, 0.3) is 0 Å². The van der Waals surface area contributed by atoms with Gasteiger partial charge in [0.25, 0.3) is 0 Å². The van der Waals surface area contributed by atoms with Crippen LogP contribution in [0.5, 0.6) is 0 Å². The fourth-order valence-electron chi connectivity index (χ4n) is 1.16. The van der Waals surface area contributed by atoms with Gasteiger partial charge < -0.3 is 11.1 Å². The van der Waals surface area contributed by atoms with Crippen LogP contribution in [0.15, 0.2) is 18.2 Å². The standard InChI is InChI=1S/C12H17FN2O/c1-7(2)8(3)12(16)15-9-4-5-11(14)10(13)6-9/h4-8H,14H2,1-3H3,(H,15,16). The van der Waals surface area contributed by atoms with Crippen molar-refractivity contribution < 1.29 is 9.18 Å². The molecule has 0 fully saturated rings. The van der Waals surface area contributed by atoms with E-state index in [1.165, 1.54) is 12.1 Å². The van der Waals surface area contributed by atoms with Crippen molar-refractivity contribution in [3.63, 3.8) is 0 Å². The zero-order valence-corrected chi connectivity index (χ0v) is 9.75. The van der Waals surface area contributed by atoms with Crippen molar-refractivity contribution in [2.75, 3.05) is 11.1 Å². The smallest absolute Gasteiger partial charge is 0.227 e. The third-order valence-electron chi connectivity index (χ3n) is 2.68. The average molecular weight is 224 g/mol. The third kappa shape index (κ3) is 2.95. The molecule has 0 aliphatic heterocycles. The number of anilines is 2. The quantitative estimate of drug-likeness (QED) is 0.775. The van der Waals surface area contributed by atoms with Crippen LogP contribution in [-0.4, -0.2) is 5.91 Å². The number of halogens is 1. The highest BCUT2D eigenvalue weighted by Crippen LogP contribution is 2.18. The summed E-state index contributed by atoms with van der Waals surface area (Å²) in [4.78, 5) is 11.7. The van der Waals surface area contributed by atoms with Gasteiger partial charge >= 0.3 is 0 Å². The Morgan fingerprint density at radius 2 is 2.00 bits per heavy atom. The summed E-state index contributed by atoms with van der Waals surface area (Å²) < 4.78 is 13.1. The van der Waals surface area contributed by atoms with Gasteiger partial charge in [0.15, 0.2) is 0 Å². The van der Waals surface area contributed by atoms with Crippen LogP contribution in [0, 0.1) is 17.7 Å². The van der Waals surface area contributed by atoms with Crippen LogP contribution >= 0.6 is 0 Å². The lowest BCUT2D eigenvalue weighted by Gasteiger charge is -2.15. The van der Waals surface area contributed by atoms with E-state index in [4.69, 9.17) is 5.73 Å². The molecule has 0 aliphatic carbocycles. The summed E-state index contributed by atoms with van der Waals surface area (Å²) in [6.07, 6.45) is 0. The van der Waals surface area contributed by atoms with Crippen molar-refractivity contribution in [3.8, 4) is 0 Å². The Balaban J connectivity index is 2.74. The number of hydrogen-bond acceptors (Lipinski definition) is 2. The number of rotatable bonds is 3. The molecular formula is C12H17FN2O. The Kier molecular flexibility index (Phi) is 3.88. The minimum atomic E-state index is -0.519. The minimum Gasteiger partial charge on any atom is -0.396 e.